The highest BCUT2D eigenvalue weighted by Gasteiger charge is 2.22. The summed E-state index contributed by atoms with van der Waals surface area (Å²) >= 11 is 0. The predicted molar refractivity (Wildman–Crippen MR) is 73.2 cm³/mol. The van der Waals surface area contributed by atoms with Crippen LogP contribution in [0.4, 0.5) is 0 Å². The Morgan fingerprint density at radius 1 is 1.26 bits per heavy atom. The van der Waals surface area contributed by atoms with Crippen molar-refractivity contribution in [2.24, 2.45) is 0 Å². The van der Waals surface area contributed by atoms with Crippen LogP contribution in [0.1, 0.15) is 25.7 Å². The number of amides is 1. The summed E-state index contributed by atoms with van der Waals surface area (Å²) < 4.78 is 0. The molecule has 0 unspecified atom stereocenters. The Labute approximate surface area is 114 Å². The van der Waals surface area contributed by atoms with Gasteiger partial charge in [0, 0.05) is 38.4 Å². The van der Waals surface area contributed by atoms with E-state index in [1.165, 1.54) is 12.8 Å². The van der Waals surface area contributed by atoms with Gasteiger partial charge in [-0.25, -0.2) is 0 Å². The first-order chi connectivity index (χ1) is 9.20. The molecule has 5 heteroatoms. The van der Waals surface area contributed by atoms with Crippen molar-refractivity contribution in [3.63, 3.8) is 0 Å². The van der Waals surface area contributed by atoms with Crippen LogP contribution in [0.25, 0.3) is 0 Å². The maximum atomic E-state index is 12.2. The smallest absolute Gasteiger partial charge is 0.266 e. The number of hydrogen-bond donors (Lipinski definition) is 1. The largest absolute Gasteiger partial charge is 0.387 e. The molecule has 0 aromatic carbocycles. The van der Waals surface area contributed by atoms with E-state index >= 15 is 0 Å². The molecule has 1 heterocycles. The number of hydrogen-bond acceptors (Lipinski definition) is 4. The van der Waals surface area contributed by atoms with Gasteiger partial charge in [0.25, 0.3) is 5.91 Å². The fourth-order valence-electron chi connectivity index (χ4n) is 2.62. The lowest BCUT2D eigenvalue weighted by atomic mass is 10.2. The van der Waals surface area contributed by atoms with E-state index in [-0.39, 0.29) is 11.5 Å². The molecule has 2 fully saturated rings. The molecule has 1 aliphatic heterocycles. The number of carbonyl (C=O) groups excluding carboxylic acids is 1. The Balaban J connectivity index is 1.90. The molecule has 0 bridgehead atoms. The first-order valence-electron chi connectivity index (χ1n) is 7.05. The van der Waals surface area contributed by atoms with E-state index in [1.807, 2.05) is 13.1 Å². The number of nitrogens with zero attached hydrogens (tertiary/aromatic N) is 3. The summed E-state index contributed by atoms with van der Waals surface area (Å²) in [7, 11) is 2.05. The maximum absolute atomic E-state index is 12.2. The minimum atomic E-state index is -0.138. The third-order valence-corrected chi connectivity index (χ3v) is 3.96. The van der Waals surface area contributed by atoms with E-state index in [0.717, 1.165) is 25.9 Å². The van der Waals surface area contributed by atoms with Crippen LogP contribution in [-0.2, 0) is 4.79 Å². The standard InChI is InChI=1S/C14H22N4O/c1-17-6-8-18(9-7-17)14(19)12(10-15)11-16-13-4-2-3-5-13/h11,13,16H,2-9H2,1H3/b12-11-. The van der Waals surface area contributed by atoms with E-state index in [4.69, 9.17) is 5.26 Å². The first kappa shape index (κ1) is 13.9. The second-order valence-electron chi connectivity index (χ2n) is 5.41. The topological polar surface area (TPSA) is 59.4 Å². The van der Waals surface area contributed by atoms with Crippen molar-refractivity contribution in [3.05, 3.63) is 11.8 Å². The number of piperazine rings is 1. The molecular formula is C14H22N4O. The van der Waals surface area contributed by atoms with Gasteiger partial charge in [0.15, 0.2) is 0 Å². The normalized spacial score (nSPS) is 22.3. The molecule has 19 heavy (non-hydrogen) atoms. The fraction of sp³-hybridized carbons (Fsp3) is 0.714. The van der Waals surface area contributed by atoms with Crippen LogP contribution in [0.5, 0.6) is 0 Å². The lowest BCUT2D eigenvalue weighted by molar-refractivity contribution is -0.128. The van der Waals surface area contributed by atoms with Gasteiger partial charge in [0.2, 0.25) is 0 Å². The van der Waals surface area contributed by atoms with Crippen LogP contribution in [0.3, 0.4) is 0 Å². The molecule has 0 aromatic rings. The van der Waals surface area contributed by atoms with Gasteiger partial charge in [0.1, 0.15) is 11.6 Å². The molecule has 0 radical (unpaired) electrons. The van der Waals surface area contributed by atoms with E-state index in [2.05, 4.69) is 10.2 Å². The number of nitrogens with one attached hydrogen (secondary N) is 1. The predicted octanol–water partition coefficient (Wildman–Crippen LogP) is 0.700. The fourth-order valence-corrected chi connectivity index (χ4v) is 2.62. The Morgan fingerprint density at radius 2 is 1.89 bits per heavy atom. The van der Waals surface area contributed by atoms with Crippen LogP contribution >= 0.6 is 0 Å². The molecule has 1 amide bonds. The Kier molecular flexibility index (Phi) is 4.80. The molecule has 2 rings (SSSR count). The number of rotatable bonds is 3. The zero-order valence-electron chi connectivity index (χ0n) is 11.6. The third-order valence-electron chi connectivity index (χ3n) is 3.96. The molecule has 104 valence electrons. The molecule has 1 saturated carbocycles. The van der Waals surface area contributed by atoms with Crippen LogP contribution in [-0.4, -0.2) is 55.0 Å². The summed E-state index contributed by atoms with van der Waals surface area (Å²) in [5, 5.41) is 12.4. The summed E-state index contributed by atoms with van der Waals surface area (Å²) in [5.74, 6) is -0.138. The molecule has 5 nitrogen and oxygen atoms in total. The Hall–Kier alpha value is -1.54. The molecule has 0 atom stereocenters. The second-order valence-corrected chi connectivity index (χ2v) is 5.41. The van der Waals surface area contributed by atoms with Gasteiger partial charge in [0.05, 0.1) is 0 Å². The van der Waals surface area contributed by atoms with Crippen LogP contribution in [0.15, 0.2) is 11.8 Å². The second kappa shape index (κ2) is 6.58. The van der Waals surface area contributed by atoms with Crippen molar-refractivity contribution in [1.29, 1.82) is 5.26 Å². The molecule has 1 aliphatic carbocycles. The van der Waals surface area contributed by atoms with Gasteiger partial charge >= 0.3 is 0 Å². The molecule has 0 aromatic heterocycles. The summed E-state index contributed by atoms with van der Waals surface area (Å²) in [4.78, 5) is 16.2. The van der Waals surface area contributed by atoms with Crippen molar-refractivity contribution in [2.75, 3.05) is 33.2 Å². The Morgan fingerprint density at radius 3 is 2.47 bits per heavy atom. The van der Waals surface area contributed by atoms with E-state index in [0.29, 0.717) is 19.1 Å². The maximum Gasteiger partial charge on any atom is 0.266 e. The van der Waals surface area contributed by atoms with Crippen LogP contribution < -0.4 is 5.32 Å². The van der Waals surface area contributed by atoms with E-state index in [9.17, 15) is 4.79 Å². The van der Waals surface area contributed by atoms with Crippen LogP contribution in [0, 0.1) is 11.3 Å². The van der Waals surface area contributed by atoms with Crippen molar-refractivity contribution >= 4 is 5.91 Å². The van der Waals surface area contributed by atoms with Crippen molar-refractivity contribution in [1.82, 2.24) is 15.1 Å². The summed E-state index contributed by atoms with van der Waals surface area (Å²) in [5.41, 5.74) is 0.233. The summed E-state index contributed by atoms with van der Waals surface area (Å²) in [6.45, 7) is 3.16. The zero-order valence-corrected chi connectivity index (χ0v) is 11.6. The molecule has 1 N–H and O–H groups in total. The van der Waals surface area contributed by atoms with Gasteiger partial charge < -0.3 is 15.1 Å². The quantitative estimate of drug-likeness (QED) is 0.601. The Bertz CT molecular complexity index is 385. The first-order valence-corrected chi connectivity index (χ1v) is 7.05. The SMILES string of the molecule is CN1CCN(C(=O)/C(C#N)=C\NC2CCCC2)CC1. The van der Waals surface area contributed by atoms with Gasteiger partial charge in [-0.3, -0.25) is 4.79 Å². The lowest BCUT2D eigenvalue weighted by Crippen LogP contribution is -2.47. The molecular weight excluding hydrogens is 240 g/mol. The molecule has 1 saturated heterocycles. The third kappa shape index (κ3) is 3.71. The highest BCUT2D eigenvalue weighted by Crippen LogP contribution is 2.17. The molecule has 0 spiro atoms. The van der Waals surface area contributed by atoms with Gasteiger partial charge in [-0.15, -0.1) is 0 Å². The van der Waals surface area contributed by atoms with Gasteiger partial charge in [-0.05, 0) is 19.9 Å². The zero-order chi connectivity index (χ0) is 13.7. The van der Waals surface area contributed by atoms with Crippen molar-refractivity contribution in [2.45, 2.75) is 31.7 Å². The average molecular weight is 262 g/mol. The van der Waals surface area contributed by atoms with Crippen molar-refractivity contribution < 1.29 is 4.79 Å². The van der Waals surface area contributed by atoms with E-state index in [1.54, 1.807) is 11.1 Å². The van der Waals surface area contributed by atoms with Gasteiger partial charge in [-0.2, -0.15) is 5.26 Å². The van der Waals surface area contributed by atoms with Gasteiger partial charge in [-0.1, -0.05) is 12.8 Å². The minimum Gasteiger partial charge on any atom is -0.387 e. The number of nitriles is 1. The van der Waals surface area contributed by atoms with Crippen LogP contribution in [0.2, 0.25) is 0 Å². The monoisotopic (exact) mass is 262 g/mol. The van der Waals surface area contributed by atoms with E-state index < -0.39 is 0 Å². The van der Waals surface area contributed by atoms with Crippen molar-refractivity contribution in [3.8, 4) is 6.07 Å². The highest BCUT2D eigenvalue weighted by atomic mass is 16.2. The highest BCUT2D eigenvalue weighted by molar-refractivity contribution is 5.97. The lowest BCUT2D eigenvalue weighted by Gasteiger charge is -2.32. The minimum absolute atomic E-state index is 0.138. The number of likely N-dealkylation sites (N-methyl/N-ethyl adjacent to an activating group) is 1. The summed E-state index contributed by atoms with van der Waals surface area (Å²) in [6.07, 6.45) is 6.37. The summed E-state index contributed by atoms with van der Waals surface area (Å²) in [6, 6.07) is 2.46. The average Bonchev–Trinajstić information content (AvgIpc) is 2.93. The molecule has 2 aliphatic rings. The number of carbonyl (C=O) groups is 1.